The van der Waals surface area contributed by atoms with Crippen molar-refractivity contribution in [3.05, 3.63) is 64.5 Å². The molecule has 3 nitrogen and oxygen atoms in total. The molecule has 1 amide bonds. The second kappa shape index (κ2) is 8.13. The number of thiazole rings is 1. The molecule has 0 unspecified atom stereocenters. The van der Waals surface area contributed by atoms with Crippen LogP contribution in [-0.4, -0.2) is 16.6 Å². The SMILES string of the molecule is Cc1nc2cc(NC(=O)CCSC=Cc3ccccc3)ccc2s1. The number of anilines is 1. The Labute approximate surface area is 149 Å². The smallest absolute Gasteiger partial charge is 0.225 e. The average Bonchev–Trinajstić information content (AvgIpc) is 2.95. The number of benzene rings is 2. The Morgan fingerprint density at radius 2 is 2.08 bits per heavy atom. The summed E-state index contributed by atoms with van der Waals surface area (Å²) in [7, 11) is 0. The van der Waals surface area contributed by atoms with Crippen molar-refractivity contribution in [1.29, 1.82) is 0 Å². The highest BCUT2D eigenvalue weighted by molar-refractivity contribution is 8.02. The van der Waals surface area contributed by atoms with Gasteiger partial charge in [-0.3, -0.25) is 4.79 Å². The Kier molecular flexibility index (Phi) is 5.67. The lowest BCUT2D eigenvalue weighted by Gasteiger charge is -2.04. The van der Waals surface area contributed by atoms with Crippen molar-refractivity contribution in [1.82, 2.24) is 4.98 Å². The first kappa shape index (κ1) is 16.7. The normalized spacial score (nSPS) is 11.2. The molecule has 0 saturated heterocycles. The van der Waals surface area contributed by atoms with Gasteiger partial charge >= 0.3 is 0 Å². The Morgan fingerprint density at radius 3 is 2.92 bits per heavy atom. The second-order valence-corrected chi connectivity index (χ2v) is 7.55. The Bertz CT molecular complexity index is 856. The number of amides is 1. The van der Waals surface area contributed by atoms with Crippen molar-refractivity contribution in [2.45, 2.75) is 13.3 Å². The zero-order valence-corrected chi connectivity index (χ0v) is 15.0. The molecule has 1 heterocycles. The molecule has 1 N–H and O–H groups in total. The van der Waals surface area contributed by atoms with Gasteiger partial charge < -0.3 is 5.32 Å². The molecule has 0 atom stereocenters. The quantitative estimate of drug-likeness (QED) is 0.608. The molecule has 0 radical (unpaired) electrons. The van der Waals surface area contributed by atoms with Gasteiger partial charge in [0.15, 0.2) is 0 Å². The fraction of sp³-hybridized carbons (Fsp3) is 0.158. The van der Waals surface area contributed by atoms with Crippen LogP contribution in [0, 0.1) is 6.92 Å². The number of thioether (sulfide) groups is 1. The molecule has 2 aromatic carbocycles. The fourth-order valence-corrected chi connectivity index (χ4v) is 3.75. The van der Waals surface area contributed by atoms with Gasteiger partial charge in [-0.1, -0.05) is 30.3 Å². The summed E-state index contributed by atoms with van der Waals surface area (Å²) in [6.07, 6.45) is 2.54. The molecule has 122 valence electrons. The topological polar surface area (TPSA) is 42.0 Å². The molecule has 0 aliphatic rings. The van der Waals surface area contributed by atoms with E-state index in [2.05, 4.69) is 28.5 Å². The van der Waals surface area contributed by atoms with E-state index in [1.54, 1.807) is 23.1 Å². The van der Waals surface area contributed by atoms with Gasteiger partial charge in [0.05, 0.1) is 15.2 Å². The first-order valence-electron chi connectivity index (χ1n) is 7.71. The van der Waals surface area contributed by atoms with E-state index in [-0.39, 0.29) is 5.91 Å². The van der Waals surface area contributed by atoms with Gasteiger partial charge in [-0.15, -0.1) is 23.1 Å². The third-order valence-corrected chi connectivity index (χ3v) is 5.10. The molecular weight excluding hydrogens is 336 g/mol. The maximum Gasteiger partial charge on any atom is 0.225 e. The third kappa shape index (κ3) is 4.69. The molecule has 5 heteroatoms. The van der Waals surface area contributed by atoms with Crippen LogP contribution in [0.3, 0.4) is 0 Å². The van der Waals surface area contributed by atoms with E-state index in [1.807, 2.05) is 48.7 Å². The minimum atomic E-state index is 0.0295. The van der Waals surface area contributed by atoms with Crippen molar-refractivity contribution in [2.75, 3.05) is 11.1 Å². The van der Waals surface area contributed by atoms with Crippen LogP contribution >= 0.6 is 23.1 Å². The van der Waals surface area contributed by atoms with Crippen LogP contribution in [0.1, 0.15) is 17.0 Å². The predicted octanol–water partition coefficient (Wildman–Crippen LogP) is 5.34. The molecule has 3 aromatic rings. The first-order chi connectivity index (χ1) is 11.7. The van der Waals surface area contributed by atoms with Crippen molar-refractivity contribution in [2.24, 2.45) is 0 Å². The Hall–Kier alpha value is -2.11. The van der Waals surface area contributed by atoms with Crippen LogP contribution in [-0.2, 0) is 4.79 Å². The van der Waals surface area contributed by atoms with Gasteiger partial charge in [0.25, 0.3) is 0 Å². The van der Waals surface area contributed by atoms with Crippen LogP contribution in [0.15, 0.2) is 53.9 Å². The number of rotatable bonds is 6. The molecule has 0 fully saturated rings. The maximum atomic E-state index is 12.0. The van der Waals surface area contributed by atoms with Gasteiger partial charge in [-0.25, -0.2) is 4.98 Å². The number of hydrogen-bond acceptors (Lipinski definition) is 4. The number of fused-ring (bicyclic) bond motifs is 1. The molecular formula is C19H18N2OS2. The van der Waals surface area contributed by atoms with Crippen molar-refractivity contribution < 1.29 is 4.79 Å². The summed E-state index contributed by atoms with van der Waals surface area (Å²) < 4.78 is 1.15. The first-order valence-corrected chi connectivity index (χ1v) is 9.57. The highest BCUT2D eigenvalue weighted by Gasteiger charge is 2.05. The van der Waals surface area contributed by atoms with E-state index >= 15 is 0 Å². The predicted molar refractivity (Wildman–Crippen MR) is 106 cm³/mol. The van der Waals surface area contributed by atoms with E-state index < -0.39 is 0 Å². The Morgan fingerprint density at radius 1 is 1.25 bits per heavy atom. The largest absolute Gasteiger partial charge is 0.326 e. The number of carbonyl (C=O) groups excluding carboxylic acids is 1. The number of carbonyl (C=O) groups is 1. The maximum absolute atomic E-state index is 12.0. The van der Waals surface area contributed by atoms with E-state index in [1.165, 1.54) is 5.56 Å². The second-order valence-electron chi connectivity index (χ2n) is 5.30. The van der Waals surface area contributed by atoms with Gasteiger partial charge in [-0.05, 0) is 42.2 Å². The summed E-state index contributed by atoms with van der Waals surface area (Å²) in [6, 6.07) is 16.0. The number of nitrogens with one attached hydrogen (secondary N) is 1. The minimum absolute atomic E-state index is 0.0295. The summed E-state index contributed by atoms with van der Waals surface area (Å²) in [4.78, 5) is 16.5. The van der Waals surface area contributed by atoms with Crippen molar-refractivity contribution >= 4 is 51.0 Å². The molecule has 0 spiro atoms. The number of aryl methyl sites for hydroxylation is 1. The van der Waals surface area contributed by atoms with Crippen LogP contribution in [0.5, 0.6) is 0 Å². The van der Waals surface area contributed by atoms with Crippen molar-refractivity contribution in [3.63, 3.8) is 0 Å². The molecule has 1 aromatic heterocycles. The molecule has 0 aliphatic heterocycles. The van der Waals surface area contributed by atoms with Crippen molar-refractivity contribution in [3.8, 4) is 0 Å². The van der Waals surface area contributed by atoms with E-state index in [0.29, 0.717) is 6.42 Å². The van der Waals surface area contributed by atoms with E-state index in [4.69, 9.17) is 0 Å². The molecule has 3 rings (SSSR count). The molecule has 24 heavy (non-hydrogen) atoms. The van der Waals surface area contributed by atoms with Gasteiger partial charge in [0, 0.05) is 17.9 Å². The highest BCUT2D eigenvalue weighted by Crippen LogP contribution is 2.24. The molecule has 0 bridgehead atoms. The highest BCUT2D eigenvalue weighted by atomic mass is 32.2. The van der Waals surface area contributed by atoms with E-state index in [9.17, 15) is 4.79 Å². The molecule has 0 saturated carbocycles. The van der Waals surface area contributed by atoms with Crippen LogP contribution in [0.25, 0.3) is 16.3 Å². The minimum Gasteiger partial charge on any atom is -0.326 e. The lowest BCUT2D eigenvalue weighted by atomic mass is 10.2. The average molecular weight is 354 g/mol. The van der Waals surface area contributed by atoms with E-state index in [0.717, 1.165) is 26.7 Å². The summed E-state index contributed by atoms with van der Waals surface area (Å²) in [5.41, 5.74) is 2.92. The zero-order valence-electron chi connectivity index (χ0n) is 13.4. The monoisotopic (exact) mass is 354 g/mol. The van der Waals surface area contributed by atoms with Gasteiger partial charge in [0.2, 0.25) is 5.91 Å². The third-order valence-electron chi connectivity index (χ3n) is 3.38. The standard InChI is InChI=1S/C19H18N2OS2/c1-14-20-17-13-16(7-8-18(17)24-14)21-19(22)10-12-23-11-9-15-5-3-2-4-6-15/h2-9,11,13H,10,12H2,1H3,(H,21,22). The lowest BCUT2D eigenvalue weighted by molar-refractivity contribution is -0.115. The number of aromatic nitrogens is 1. The van der Waals surface area contributed by atoms with Gasteiger partial charge in [-0.2, -0.15) is 0 Å². The summed E-state index contributed by atoms with van der Waals surface area (Å²) in [5, 5.41) is 6.01. The van der Waals surface area contributed by atoms with Crippen LogP contribution < -0.4 is 5.32 Å². The number of hydrogen-bond donors (Lipinski definition) is 1. The Balaban J connectivity index is 1.45. The summed E-state index contributed by atoms with van der Waals surface area (Å²) in [5.74, 6) is 0.787. The fourth-order valence-electron chi connectivity index (χ4n) is 2.25. The summed E-state index contributed by atoms with van der Waals surface area (Å²) in [6.45, 7) is 1.99. The summed E-state index contributed by atoms with van der Waals surface area (Å²) >= 11 is 3.30. The van der Waals surface area contributed by atoms with Gasteiger partial charge in [0.1, 0.15) is 0 Å². The lowest BCUT2D eigenvalue weighted by Crippen LogP contribution is -2.11. The zero-order chi connectivity index (χ0) is 16.8. The van der Waals surface area contributed by atoms with Crippen LogP contribution in [0.4, 0.5) is 5.69 Å². The van der Waals surface area contributed by atoms with Crippen LogP contribution in [0.2, 0.25) is 0 Å². The number of nitrogens with zero attached hydrogens (tertiary/aromatic N) is 1. The molecule has 0 aliphatic carbocycles.